The summed E-state index contributed by atoms with van der Waals surface area (Å²) in [5, 5.41) is 30.7. The van der Waals surface area contributed by atoms with E-state index in [1.807, 2.05) is 6.07 Å². The highest BCUT2D eigenvalue weighted by Crippen LogP contribution is 2.71. The maximum atomic E-state index is 12.6. The molecule has 0 bridgehead atoms. The number of nitrogens with zero attached hydrogens (tertiary/aromatic N) is 1. The molecule has 2 amide bonds. The van der Waals surface area contributed by atoms with Crippen LogP contribution in [0, 0.1) is 22.7 Å². The number of nitrogens with one attached hydrogen (secondary N) is 2. The number of aliphatic hydroxyl groups is 2. The predicted molar refractivity (Wildman–Crippen MR) is 148 cm³/mol. The summed E-state index contributed by atoms with van der Waals surface area (Å²) in [7, 11) is 0. The molecule has 0 spiro atoms. The van der Waals surface area contributed by atoms with E-state index < -0.39 is 11.2 Å². The Morgan fingerprint density at radius 1 is 1.00 bits per heavy atom. The van der Waals surface area contributed by atoms with Gasteiger partial charge in [-0.1, -0.05) is 13.8 Å². The average molecular weight is 542 g/mol. The van der Waals surface area contributed by atoms with Crippen molar-refractivity contribution in [2.75, 3.05) is 26.2 Å². The Kier molecular flexibility index (Phi) is 6.91. The lowest BCUT2D eigenvalue weighted by Gasteiger charge is -2.66. The maximum Gasteiger partial charge on any atom is 0.335 e. The van der Waals surface area contributed by atoms with Gasteiger partial charge in [-0.3, -0.25) is 0 Å². The van der Waals surface area contributed by atoms with Gasteiger partial charge in [-0.2, -0.15) is 0 Å². The summed E-state index contributed by atoms with van der Waals surface area (Å²) in [6.07, 6.45) is 11.3. The predicted octanol–water partition coefficient (Wildman–Crippen LogP) is 3.76. The maximum absolute atomic E-state index is 12.6. The SMILES string of the molecule is CC12CC[C@H](NC(=O)NCCN3CCCC3)C[C@@]1(O)CC[C@@H]1[C@@H]2CCC2(C)[C@@H](c3ccc(=O)oc3)CC[C@]12O. The van der Waals surface area contributed by atoms with Crippen molar-refractivity contribution in [3.63, 3.8) is 0 Å². The van der Waals surface area contributed by atoms with Crippen molar-refractivity contribution >= 4 is 6.03 Å². The molecule has 4 N–H and O–H groups in total. The molecular weight excluding hydrogens is 494 g/mol. The number of hydrogen-bond donors (Lipinski definition) is 4. The molecule has 6 rings (SSSR count). The van der Waals surface area contributed by atoms with E-state index in [4.69, 9.17) is 4.42 Å². The molecule has 0 radical (unpaired) electrons. The zero-order chi connectivity index (χ0) is 27.5. The Labute approximate surface area is 231 Å². The zero-order valence-corrected chi connectivity index (χ0v) is 23.7. The van der Waals surface area contributed by atoms with Gasteiger partial charge in [-0.15, -0.1) is 0 Å². The highest BCUT2D eigenvalue weighted by Gasteiger charge is 2.69. The zero-order valence-electron chi connectivity index (χ0n) is 23.7. The lowest BCUT2D eigenvalue weighted by Crippen LogP contribution is -2.68. The summed E-state index contributed by atoms with van der Waals surface area (Å²) in [6, 6.07) is 3.20. The van der Waals surface area contributed by atoms with Crippen LogP contribution < -0.4 is 16.3 Å². The summed E-state index contributed by atoms with van der Waals surface area (Å²) in [6.45, 7) is 8.28. The normalized spacial score (nSPS) is 43.8. The molecule has 5 fully saturated rings. The summed E-state index contributed by atoms with van der Waals surface area (Å²) in [5.74, 6) is 0.544. The van der Waals surface area contributed by atoms with Crippen LogP contribution in [0.1, 0.15) is 96.0 Å². The van der Waals surface area contributed by atoms with Crippen molar-refractivity contribution in [1.29, 1.82) is 0 Å². The quantitative estimate of drug-likeness (QED) is 0.451. The van der Waals surface area contributed by atoms with E-state index in [9.17, 15) is 19.8 Å². The number of carbonyl (C=O) groups is 1. The van der Waals surface area contributed by atoms with Gasteiger partial charge in [-0.05, 0) is 119 Å². The first kappa shape index (κ1) is 27.3. The molecule has 8 atom stereocenters. The van der Waals surface area contributed by atoms with E-state index in [0.717, 1.165) is 70.1 Å². The lowest BCUT2D eigenvalue weighted by atomic mass is 9.42. The van der Waals surface area contributed by atoms with Gasteiger partial charge in [0.15, 0.2) is 0 Å². The molecule has 2 unspecified atom stereocenters. The van der Waals surface area contributed by atoms with Crippen LogP contribution in [-0.4, -0.2) is 64.6 Å². The highest BCUT2D eigenvalue weighted by atomic mass is 16.4. The lowest BCUT2D eigenvalue weighted by molar-refractivity contribution is -0.247. The van der Waals surface area contributed by atoms with E-state index in [1.165, 1.54) is 18.9 Å². The smallest absolute Gasteiger partial charge is 0.335 e. The van der Waals surface area contributed by atoms with Gasteiger partial charge in [0.1, 0.15) is 0 Å². The first-order chi connectivity index (χ1) is 18.6. The third-order valence-electron chi connectivity index (χ3n) is 12.4. The Morgan fingerprint density at radius 3 is 2.49 bits per heavy atom. The van der Waals surface area contributed by atoms with Gasteiger partial charge in [0.25, 0.3) is 0 Å². The third kappa shape index (κ3) is 4.36. The monoisotopic (exact) mass is 541 g/mol. The fourth-order valence-corrected chi connectivity index (χ4v) is 10.0. The standard InChI is InChI=1S/C31H47N3O5/c1-28-11-7-22(33-27(36)32-15-18-34-16-3-4-17-34)19-30(28,37)13-9-25-24(28)8-12-29(2)23(10-14-31(25,29)38)21-5-6-26(35)39-20-21/h5-6,20,22-25,37-38H,3-4,7-19H2,1-2H3,(H2,32,33,36)/t22-,23+,24-,25+,28?,29?,30-,31-/m0/s1. The molecule has 39 heavy (non-hydrogen) atoms. The molecule has 8 heteroatoms. The first-order valence-corrected chi connectivity index (χ1v) is 15.4. The second-order valence-corrected chi connectivity index (χ2v) is 13.9. The third-order valence-corrected chi connectivity index (χ3v) is 12.4. The number of hydrogen-bond acceptors (Lipinski definition) is 6. The molecule has 8 nitrogen and oxygen atoms in total. The van der Waals surface area contributed by atoms with E-state index in [1.54, 1.807) is 6.26 Å². The van der Waals surface area contributed by atoms with Crippen LogP contribution in [0.4, 0.5) is 4.79 Å². The molecule has 1 aromatic rings. The van der Waals surface area contributed by atoms with Crippen LogP contribution in [-0.2, 0) is 0 Å². The Balaban J connectivity index is 1.12. The highest BCUT2D eigenvalue weighted by molar-refractivity contribution is 5.74. The van der Waals surface area contributed by atoms with Gasteiger partial charge in [0.2, 0.25) is 0 Å². The molecule has 1 saturated heterocycles. The summed E-state index contributed by atoms with van der Waals surface area (Å²) >= 11 is 0. The first-order valence-electron chi connectivity index (χ1n) is 15.4. The fraction of sp³-hybridized carbons (Fsp3) is 0.806. The molecule has 1 aliphatic heterocycles. The molecule has 2 heterocycles. The minimum absolute atomic E-state index is 0.0352. The largest absolute Gasteiger partial charge is 0.431 e. The second kappa shape index (κ2) is 9.88. The number of rotatable bonds is 5. The molecule has 5 aliphatic rings. The van der Waals surface area contributed by atoms with Gasteiger partial charge in [0.05, 0.1) is 17.5 Å². The van der Waals surface area contributed by atoms with E-state index >= 15 is 0 Å². The van der Waals surface area contributed by atoms with Crippen LogP contribution in [0.25, 0.3) is 0 Å². The Hall–Kier alpha value is -1.90. The second-order valence-electron chi connectivity index (χ2n) is 13.9. The summed E-state index contributed by atoms with van der Waals surface area (Å²) in [4.78, 5) is 26.6. The van der Waals surface area contributed by atoms with Crippen LogP contribution in [0.15, 0.2) is 27.6 Å². The van der Waals surface area contributed by atoms with E-state index in [-0.39, 0.29) is 46.3 Å². The average Bonchev–Trinajstić information content (AvgIpc) is 3.51. The van der Waals surface area contributed by atoms with Crippen LogP contribution in [0.2, 0.25) is 0 Å². The van der Waals surface area contributed by atoms with Gasteiger partial charge in [-0.25, -0.2) is 9.59 Å². The molecule has 0 aromatic carbocycles. The molecule has 4 saturated carbocycles. The Morgan fingerprint density at radius 2 is 1.74 bits per heavy atom. The van der Waals surface area contributed by atoms with Crippen LogP contribution >= 0.6 is 0 Å². The van der Waals surface area contributed by atoms with Gasteiger partial charge >= 0.3 is 11.7 Å². The molecule has 216 valence electrons. The molecule has 1 aromatic heterocycles. The fourth-order valence-electron chi connectivity index (χ4n) is 10.0. The molecular formula is C31H47N3O5. The van der Waals surface area contributed by atoms with Crippen molar-refractivity contribution in [3.05, 3.63) is 34.4 Å². The van der Waals surface area contributed by atoms with Crippen LogP contribution in [0.5, 0.6) is 0 Å². The molecule has 4 aliphatic carbocycles. The van der Waals surface area contributed by atoms with E-state index in [0.29, 0.717) is 19.4 Å². The van der Waals surface area contributed by atoms with Crippen molar-refractivity contribution in [3.8, 4) is 0 Å². The van der Waals surface area contributed by atoms with Crippen molar-refractivity contribution < 1.29 is 19.4 Å². The minimum atomic E-state index is -0.842. The number of likely N-dealkylation sites (tertiary alicyclic amines) is 1. The van der Waals surface area contributed by atoms with Crippen molar-refractivity contribution in [1.82, 2.24) is 15.5 Å². The number of urea groups is 1. The summed E-state index contributed by atoms with van der Waals surface area (Å²) in [5.41, 5.74) is -1.54. The Bertz CT molecular complexity index is 1110. The number of fused-ring (bicyclic) bond motifs is 5. The van der Waals surface area contributed by atoms with Crippen molar-refractivity contribution in [2.45, 2.75) is 108 Å². The van der Waals surface area contributed by atoms with Crippen LogP contribution in [0.3, 0.4) is 0 Å². The van der Waals surface area contributed by atoms with Gasteiger partial charge < -0.3 is 30.2 Å². The topological polar surface area (TPSA) is 115 Å². The minimum Gasteiger partial charge on any atom is -0.431 e. The number of amides is 2. The summed E-state index contributed by atoms with van der Waals surface area (Å²) < 4.78 is 5.21. The van der Waals surface area contributed by atoms with Gasteiger partial charge in [0, 0.05) is 30.6 Å². The van der Waals surface area contributed by atoms with E-state index in [2.05, 4.69) is 29.4 Å². The number of carbonyl (C=O) groups excluding carboxylic acids is 1. The van der Waals surface area contributed by atoms with Crippen molar-refractivity contribution in [2.24, 2.45) is 22.7 Å².